The van der Waals surface area contributed by atoms with Gasteiger partial charge in [-0.25, -0.2) is 8.42 Å². The van der Waals surface area contributed by atoms with Gasteiger partial charge in [0, 0.05) is 19.1 Å². The van der Waals surface area contributed by atoms with Gasteiger partial charge in [-0.05, 0) is 36.6 Å². The summed E-state index contributed by atoms with van der Waals surface area (Å²) in [5.74, 6) is -0.0991. The van der Waals surface area contributed by atoms with Gasteiger partial charge < -0.3 is 5.32 Å². The fraction of sp³-hybridized carbons (Fsp3) is 0.409. The van der Waals surface area contributed by atoms with Crippen molar-refractivity contribution in [3.63, 3.8) is 0 Å². The van der Waals surface area contributed by atoms with Crippen LogP contribution in [0.1, 0.15) is 30.4 Å². The number of piperidine rings is 1. The number of para-hydroxylation sites is 1. The van der Waals surface area contributed by atoms with Gasteiger partial charge in [-0.3, -0.25) is 14.4 Å². The van der Waals surface area contributed by atoms with E-state index < -0.39 is 10.0 Å². The fourth-order valence-electron chi connectivity index (χ4n) is 3.76. The summed E-state index contributed by atoms with van der Waals surface area (Å²) in [4.78, 5) is 15.0. The predicted molar refractivity (Wildman–Crippen MR) is 116 cm³/mol. The van der Waals surface area contributed by atoms with Crippen molar-refractivity contribution in [3.05, 3.63) is 65.7 Å². The minimum atomic E-state index is -3.39. The summed E-state index contributed by atoms with van der Waals surface area (Å²) >= 11 is 0. The van der Waals surface area contributed by atoms with Crippen LogP contribution < -0.4 is 10.0 Å². The number of likely N-dealkylation sites (tertiary alicyclic amines) is 1. The SMILES string of the molecule is CS(=O)(=O)Nc1ccccc1CC(=O)NCC1CCCCN1Cc1ccccc1. The Balaban J connectivity index is 1.57. The van der Waals surface area contributed by atoms with Crippen LogP contribution in [0.2, 0.25) is 0 Å². The summed E-state index contributed by atoms with van der Waals surface area (Å²) in [6.45, 7) is 2.53. The van der Waals surface area contributed by atoms with E-state index in [1.54, 1.807) is 24.3 Å². The second-order valence-corrected chi connectivity index (χ2v) is 9.37. The van der Waals surface area contributed by atoms with Crippen LogP contribution in [0, 0.1) is 0 Å². The van der Waals surface area contributed by atoms with Gasteiger partial charge in [0.15, 0.2) is 0 Å². The second-order valence-electron chi connectivity index (χ2n) is 7.62. The molecule has 0 radical (unpaired) electrons. The van der Waals surface area contributed by atoms with E-state index in [9.17, 15) is 13.2 Å². The van der Waals surface area contributed by atoms with Gasteiger partial charge in [0.05, 0.1) is 18.4 Å². The molecule has 1 amide bonds. The quantitative estimate of drug-likeness (QED) is 0.695. The third-order valence-electron chi connectivity index (χ3n) is 5.18. The minimum Gasteiger partial charge on any atom is -0.354 e. The number of amides is 1. The molecule has 156 valence electrons. The topological polar surface area (TPSA) is 78.5 Å². The number of anilines is 1. The summed E-state index contributed by atoms with van der Waals surface area (Å²) in [5, 5.41) is 3.05. The summed E-state index contributed by atoms with van der Waals surface area (Å²) in [5.41, 5.74) is 2.40. The van der Waals surface area contributed by atoms with Crippen LogP contribution in [0.15, 0.2) is 54.6 Å². The predicted octanol–water partition coefficient (Wildman–Crippen LogP) is 2.77. The standard InChI is InChI=1S/C22H29N3O3S/c1-29(27,28)24-21-13-6-5-11-19(21)15-22(26)23-16-20-12-7-8-14-25(20)17-18-9-3-2-4-10-18/h2-6,9-11,13,20,24H,7-8,12,14-17H2,1H3,(H,23,26). The van der Waals surface area contributed by atoms with Crippen molar-refractivity contribution in [2.24, 2.45) is 0 Å². The van der Waals surface area contributed by atoms with Crippen LogP contribution in [0.25, 0.3) is 0 Å². The lowest BCUT2D eigenvalue weighted by molar-refractivity contribution is -0.120. The van der Waals surface area contributed by atoms with E-state index in [1.165, 1.54) is 18.4 Å². The highest BCUT2D eigenvalue weighted by molar-refractivity contribution is 7.92. The molecule has 0 bridgehead atoms. The highest BCUT2D eigenvalue weighted by Gasteiger charge is 2.23. The monoisotopic (exact) mass is 415 g/mol. The smallest absolute Gasteiger partial charge is 0.229 e. The normalized spacial score (nSPS) is 17.6. The Morgan fingerprint density at radius 1 is 1.07 bits per heavy atom. The van der Waals surface area contributed by atoms with Crippen molar-refractivity contribution in [3.8, 4) is 0 Å². The van der Waals surface area contributed by atoms with Gasteiger partial charge in [-0.2, -0.15) is 0 Å². The first kappa shape index (κ1) is 21.3. The van der Waals surface area contributed by atoms with Crippen LogP contribution in [-0.2, 0) is 27.8 Å². The Morgan fingerprint density at radius 3 is 2.55 bits per heavy atom. The molecule has 0 saturated carbocycles. The van der Waals surface area contributed by atoms with Crippen molar-refractivity contribution in [1.82, 2.24) is 10.2 Å². The first-order valence-electron chi connectivity index (χ1n) is 10.0. The zero-order valence-electron chi connectivity index (χ0n) is 16.8. The Bertz CT molecular complexity index is 916. The van der Waals surface area contributed by atoms with Crippen molar-refractivity contribution in [2.45, 2.75) is 38.3 Å². The van der Waals surface area contributed by atoms with Crippen molar-refractivity contribution < 1.29 is 13.2 Å². The third kappa shape index (κ3) is 6.87. The van der Waals surface area contributed by atoms with Crippen LogP contribution >= 0.6 is 0 Å². The maximum Gasteiger partial charge on any atom is 0.229 e. The van der Waals surface area contributed by atoms with Gasteiger partial charge in [0.2, 0.25) is 15.9 Å². The largest absolute Gasteiger partial charge is 0.354 e. The number of nitrogens with one attached hydrogen (secondary N) is 2. The number of sulfonamides is 1. The molecule has 0 spiro atoms. The van der Waals surface area contributed by atoms with E-state index in [4.69, 9.17) is 0 Å². The summed E-state index contributed by atoms with van der Waals surface area (Å²) in [7, 11) is -3.39. The van der Waals surface area contributed by atoms with Crippen LogP contribution in [0.4, 0.5) is 5.69 Å². The molecule has 29 heavy (non-hydrogen) atoms. The first-order chi connectivity index (χ1) is 13.9. The number of rotatable bonds is 8. The minimum absolute atomic E-state index is 0.0991. The molecule has 1 aliphatic rings. The zero-order valence-corrected chi connectivity index (χ0v) is 17.6. The lowest BCUT2D eigenvalue weighted by Crippen LogP contribution is -2.46. The molecule has 1 saturated heterocycles. The molecule has 0 aliphatic carbocycles. The number of carbonyl (C=O) groups excluding carboxylic acids is 1. The molecule has 0 aromatic heterocycles. The summed E-state index contributed by atoms with van der Waals surface area (Å²) in [6, 6.07) is 17.7. The van der Waals surface area contributed by atoms with Gasteiger partial charge >= 0.3 is 0 Å². The highest BCUT2D eigenvalue weighted by atomic mass is 32.2. The second kappa shape index (κ2) is 9.89. The van der Waals surface area contributed by atoms with E-state index in [0.29, 0.717) is 23.8 Å². The average molecular weight is 416 g/mol. The third-order valence-corrected chi connectivity index (χ3v) is 5.77. The molecule has 1 heterocycles. The van der Waals surface area contributed by atoms with Crippen molar-refractivity contribution >= 4 is 21.6 Å². The van der Waals surface area contributed by atoms with Crippen LogP contribution in [0.5, 0.6) is 0 Å². The number of nitrogens with zero attached hydrogens (tertiary/aromatic N) is 1. The first-order valence-corrected chi connectivity index (χ1v) is 11.9. The van der Waals surface area contributed by atoms with E-state index in [2.05, 4.69) is 39.2 Å². The van der Waals surface area contributed by atoms with Crippen molar-refractivity contribution in [1.29, 1.82) is 0 Å². The molecule has 2 aromatic rings. The summed E-state index contributed by atoms with van der Waals surface area (Å²) < 4.78 is 25.6. The molecule has 2 N–H and O–H groups in total. The fourth-order valence-corrected chi connectivity index (χ4v) is 4.36. The van der Waals surface area contributed by atoms with E-state index in [1.807, 2.05) is 6.07 Å². The van der Waals surface area contributed by atoms with Crippen LogP contribution in [-0.4, -0.2) is 44.6 Å². The number of hydrogen-bond acceptors (Lipinski definition) is 4. The maximum absolute atomic E-state index is 12.5. The molecule has 1 unspecified atom stereocenters. The van der Waals surface area contributed by atoms with Gasteiger partial charge in [-0.1, -0.05) is 55.0 Å². The maximum atomic E-state index is 12.5. The molecule has 6 nitrogen and oxygen atoms in total. The summed E-state index contributed by atoms with van der Waals surface area (Å²) in [6.07, 6.45) is 4.67. The molecule has 1 aliphatic heterocycles. The molecule has 1 fully saturated rings. The molecule has 2 aromatic carbocycles. The number of carbonyl (C=O) groups is 1. The zero-order chi connectivity index (χ0) is 20.7. The Kier molecular flexibility index (Phi) is 7.28. The van der Waals surface area contributed by atoms with E-state index >= 15 is 0 Å². The van der Waals surface area contributed by atoms with Crippen LogP contribution in [0.3, 0.4) is 0 Å². The average Bonchev–Trinajstić information content (AvgIpc) is 2.68. The van der Waals surface area contributed by atoms with Gasteiger partial charge in [0.25, 0.3) is 0 Å². The molecule has 7 heteroatoms. The Morgan fingerprint density at radius 2 is 1.79 bits per heavy atom. The van der Waals surface area contributed by atoms with Crippen molar-refractivity contribution in [2.75, 3.05) is 24.1 Å². The Hall–Kier alpha value is -2.38. The number of benzene rings is 2. The molecular weight excluding hydrogens is 386 g/mol. The number of hydrogen-bond donors (Lipinski definition) is 2. The lowest BCUT2D eigenvalue weighted by Gasteiger charge is -2.36. The van der Waals surface area contributed by atoms with Gasteiger partial charge in [-0.15, -0.1) is 0 Å². The van der Waals surface area contributed by atoms with E-state index in [0.717, 1.165) is 25.8 Å². The van der Waals surface area contributed by atoms with E-state index in [-0.39, 0.29) is 12.3 Å². The van der Waals surface area contributed by atoms with Gasteiger partial charge in [0.1, 0.15) is 0 Å². The molecule has 3 rings (SSSR count). The molecular formula is C22H29N3O3S. The highest BCUT2D eigenvalue weighted by Crippen LogP contribution is 2.20. The molecule has 1 atom stereocenters. The Labute approximate surface area is 173 Å². The lowest BCUT2D eigenvalue weighted by atomic mass is 10.0.